The predicted molar refractivity (Wildman–Crippen MR) is 79.3 cm³/mol. The molecule has 3 rings (SSSR count). The largest absolute Gasteiger partial charge is 0.478 e. The van der Waals surface area contributed by atoms with E-state index in [1.54, 1.807) is 53.8 Å². The summed E-state index contributed by atoms with van der Waals surface area (Å²) < 4.78 is 0. The van der Waals surface area contributed by atoms with Gasteiger partial charge in [-0.15, -0.1) is 11.3 Å². The Labute approximate surface area is 124 Å². The van der Waals surface area contributed by atoms with Gasteiger partial charge in [0, 0.05) is 24.0 Å². The van der Waals surface area contributed by atoms with E-state index in [1.165, 1.54) is 11.3 Å². The van der Waals surface area contributed by atoms with Crippen LogP contribution < -0.4 is 4.90 Å². The zero-order valence-corrected chi connectivity index (χ0v) is 11.6. The molecule has 0 unspecified atom stereocenters. The Balaban J connectivity index is 2.06. The molecule has 0 fully saturated rings. The molecule has 0 aliphatic rings. The summed E-state index contributed by atoms with van der Waals surface area (Å²) in [4.78, 5) is 25.4. The topological polar surface area (TPSA) is 79.2 Å². The van der Waals surface area contributed by atoms with Gasteiger partial charge in [0.25, 0.3) is 0 Å². The average Bonchev–Trinajstić information content (AvgIpc) is 3.03. The van der Waals surface area contributed by atoms with Crippen LogP contribution in [0.3, 0.4) is 0 Å². The lowest BCUT2D eigenvalue weighted by molar-refractivity contribution is 0.0697. The summed E-state index contributed by atoms with van der Waals surface area (Å²) in [6.45, 7) is 0. The highest BCUT2D eigenvalue weighted by atomic mass is 32.1. The molecule has 0 aliphatic heterocycles. The highest BCUT2D eigenvalue weighted by molar-refractivity contribution is 7.13. The molecule has 0 bridgehead atoms. The molecule has 0 atom stereocenters. The monoisotopic (exact) mass is 298 g/mol. The molecule has 1 N–H and O–H groups in total. The molecule has 7 heteroatoms. The van der Waals surface area contributed by atoms with E-state index < -0.39 is 5.97 Å². The Morgan fingerprint density at radius 1 is 1.05 bits per heavy atom. The van der Waals surface area contributed by atoms with Crippen molar-refractivity contribution in [3.63, 3.8) is 0 Å². The quantitative estimate of drug-likeness (QED) is 0.797. The number of hydrogen-bond donors (Lipinski definition) is 1. The van der Waals surface area contributed by atoms with Gasteiger partial charge in [-0.3, -0.25) is 4.90 Å². The molecule has 6 nitrogen and oxygen atoms in total. The van der Waals surface area contributed by atoms with Crippen LogP contribution in [0.15, 0.2) is 54.3 Å². The maximum Gasteiger partial charge on any atom is 0.335 e. The van der Waals surface area contributed by atoms with Gasteiger partial charge in [0.2, 0.25) is 5.95 Å². The van der Waals surface area contributed by atoms with Gasteiger partial charge in [-0.25, -0.2) is 19.7 Å². The highest BCUT2D eigenvalue weighted by Gasteiger charge is 2.17. The zero-order valence-electron chi connectivity index (χ0n) is 10.7. The fraction of sp³-hybridized carbons (Fsp3) is 0. The standard InChI is InChI=1S/C14H10N4O2S/c19-12(20)10-2-4-11(5-3-10)18(14-17-8-9-21-14)13-15-6-1-7-16-13/h1-9H,(H,19,20). The molecule has 0 spiro atoms. The molecule has 1 aromatic carbocycles. The van der Waals surface area contributed by atoms with Crippen molar-refractivity contribution in [2.45, 2.75) is 0 Å². The minimum atomic E-state index is -0.960. The van der Waals surface area contributed by atoms with Crippen molar-refractivity contribution in [3.8, 4) is 0 Å². The van der Waals surface area contributed by atoms with Crippen LogP contribution in [0.2, 0.25) is 0 Å². The normalized spacial score (nSPS) is 10.3. The minimum absolute atomic E-state index is 0.229. The Bertz CT molecular complexity index is 729. The van der Waals surface area contributed by atoms with Crippen LogP contribution >= 0.6 is 11.3 Å². The van der Waals surface area contributed by atoms with Crippen molar-refractivity contribution in [3.05, 3.63) is 59.9 Å². The molecule has 0 saturated carbocycles. The Morgan fingerprint density at radius 2 is 1.76 bits per heavy atom. The molecule has 21 heavy (non-hydrogen) atoms. The number of carboxylic acids is 1. The van der Waals surface area contributed by atoms with Gasteiger partial charge in [-0.05, 0) is 30.3 Å². The second kappa shape index (κ2) is 5.68. The number of nitrogens with zero attached hydrogens (tertiary/aromatic N) is 4. The van der Waals surface area contributed by atoms with Crippen LogP contribution in [0.1, 0.15) is 10.4 Å². The molecular formula is C14H10N4O2S. The number of benzene rings is 1. The fourth-order valence-corrected chi connectivity index (χ4v) is 2.46. The lowest BCUT2D eigenvalue weighted by atomic mass is 10.2. The zero-order chi connectivity index (χ0) is 14.7. The van der Waals surface area contributed by atoms with Gasteiger partial charge in [-0.2, -0.15) is 0 Å². The summed E-state index contributed by atoms with van der Waals surface area (Å²) in [7, 11) is 0. The van der Waals surface area contributed by atoms with Crippen LogP contribution in [0.5, 0.6) is 0 Å². The van der Waals surface area contributed by atoms with Crippen LogP contribution in [-0.4, -0.2) is 26.0 Å². The lowest BCUT2D eigenvalue weighted by Gasteiger charge is -2.19. The Kier molecular flexibility index (Phi) is 3.57. The van der Waals surface area contributed by atoms with Crippen molar-refractivity contribution in [2.24, 2.45) is 0 Å². The van der Waals surface area contributed by atoms with E-state index in [2.05, 4.69) is 15.0 Å². The third kappa shape index (κ3) is 2.72. The molecule has 3 aromatic rings. The lowest BCUT2D eigenvalue weighted by Crippen LogP contribution is -2.12. The van der Waals surface area contributed by atoms with E-state index >= 15 is 0 Å². The number of carbonyl (C=O) groups is 1. The minimum Gasteiger partial charge on any atom is -0.478 e. The van der Waals surface area contributed by atoms with Crippen molar-refractivity contribution in [2.75, 3.05) is 4.90 Å². The van der Waals surface area contributed by atoms with Gasteiger partial charge in [0.1, 0.15) is 0 Å². The molecule has 0 saturated heterocycles. The second-order valence-electron chi connectivity index (χ2n) is 4.05. The first kappa shape index (κ1) is 13.2. The number of rotatable bonds is 4. The van der Waals surface area contributed by atoms with E-state index in [-0.39, 0.29) is 5.56 Å². The van der Waals surface area contributed by atoms with E-state index in [0.29, 0.717) is 11.1 Å². The summed E-state index contributed by atoms with van der Waals surface area (Å²) in [5.74, 6) is -0.478. The third-order valence-corrected chi connectivity index (χ3v) is 3.49. The van der Waals surface area contributed by atoms with Gasteiger partial charge >= 0.3 is 5.97 Å². The third-order valence-electron chi connectivity index (χ3n) is 2.74. The van der Waals surface area contributed by atoms with Crippen molar-refractivity contribution in [1.82, 2.24) is 15.0 Å². The number of hydrogen-bond acceptors (Lipinski definition) is 6. The first-order chi connectivity index (χ1) is 10.3. The number of thiazole rings is 1. The number of aromatic nitrogens is 3. The van der Waals surface area contributed by atoms with Gasteiger partial charge in [0.05, 0.1) is 11.3 Å². The van der Waals surface area contributed by atoms with Crippen LogP contribution in [0, 0.1) is 0 Å². The summed E-state index contributed by atoms with van der Waals surface area (Å²) in [6, 6.07) is 8.24. The smallest absolute Gasteiger partial charge is 0.335 e. The molecular weight excluding hydrogens is 288 g/mol. The number of anilines is 3. The summed E-state index contributed by atoms with van der Waals surface area (Å²) in [5, 5.41) is 11.5. The molecule has 104 valence electrons. The fourth-order valence-electron chi connectivity index (χ4n) is 1.80. The van der Waals surface area contributed by atoms with Gasteiger partial charge < -0.3 is 5.11 Å². The van der Waals surface area contributed by atoms with Crippen molar-refractivity contribution in [1.29, 1.82) is 0 Å². The Morgan fingerprint density at radius 3 is 2.33 bits per heavy atom. The SMILES string of the molecule is O=C(O)c1ccc(N(c2ncccn2)c2nccs2)cc1. The van der Waals surface area contributed by atoms with E-state index in [0.717, 1.165) is 5.69 Å². The summed E-state index contributed by atoms with van der Waals surface area (Å²) >= 11 is 1.45. The van der Waals surface area contributed by atoms with Crippen molar-refractivity contribution >= 4 is 34.1 Å². The van der Waals surface area contributed by atoms with Crippen LogP contribution in [0.4, 0.5) is 16.8 Å². The maximum absolute atomic E-state index is 10.9. The predicted octanol–water partition coefficient (Wildman–Crippen LogP) is 3.10. The van der Waals surface area contributed by atoms with Gasteiger partial charge in [-0.1, -0.05) is 0 Å². The number of aromatic carboxylic acids is 1. The highest BCUT2D eigenvalue weighted by Crippen LogP contribution is 2.32. The molecule has 2 aromatic heterocycles. The first-order valence-corrected chi connectivity index (χ1v) is 6.93. The molecule has 0 aliphatic carbocycles. The summed E-state index contributed by atoms with van der Waals surface area (Å²) in [6.07, 6.45) is 4.99. The molecule has 2 heterocycles. The van der Waals surface area contributed by atoms with E-state index in [4.69, 9.17) is 5.11 Å². The van der Waals surface area contributed by atoms with E-state index in [1.807, 2.05) is 5.38 Å². The van der Waals surface area contributed by atoms with Crippen molar-refractivity contribution < 1.29 is 9.90 Å². The van der Waals surface area contributed by atoms with E-state index in [9.17, 15) is 4.79 Å². The number of carboxylic acid groups (broad SMARTS) is 1. The van der Waals surface area contributed by atoms with Gasteiger partial charge in [0.15, 0.2) is 5.13 Å². The maximum atomic E-state index is 10.9. The van der Waals surface area contributed by atoms with Crippen LogP contribution in [-0.2, 0) is 0 Å². The Hall–Kier alpha value is -2.80. The second-order valence-corrected chi connectivity index (χ2v) is 4.92. The van der Waals surface area contributed by atoms with Crippen LogP contribution in [0.25, 0.3) is 0 Å². The summed E-state index contributed by atoms with van der Waals surface area (Å²) in [5.41, 5.74) is 0.980. The average molecular weight is 298 g/mol. The molecule has 0 radical (unpaired) electrons. The molecule has 0 amide bonds. The first-order valence-electron chi connectivity index (χ1n) is 6.06.